The van der Waals surface area contributed by atoms with E-state index in [-0.39, 0.29) is 11.5 Å². The number of Topliss-reactive ketones (excluding diaryl/α,β-unsaturated/α-hetero) is 1. The molecule has 0 saturated heterocycles. The third kappa shape index (κ3) is 4.86. The van der Waals surface area contributed by atoms with Gasteiger partial charge in [-0.2, -0.15) is 13.2 Å². The van der Waals surface area contributed by atoms with Gasteiger partial charge in [0.1, 0.15) is 0 Å². The normalized spacial score (nSPS) is 11.2. The van der Waals surface area contributed by atoms with E-state index in [9.17, 15) is 22.8 Å². The highest BCUT2D eigenvalue weighted by atomic mass is 32.2. The zero-order chi connectivity index (χ0) is 17.7. The highest BCUT2D eigenvalue weighted by molar-refractivity contribution is 8.00. The molecule has 0 fully saturated rings. The van der Waals surface area contributed by atoms with Crippen LogP contribution in [0, 0.1) is 0 Å². The maximum atomic E-state index is 12.7. The van der Waals surface area contributed by atoms with E-state index in [1.165, 1.54) is 19.1 Å². The van der Waals surface area contributed by atoms with Gasteiger partial charge in [-0.25, -0.2) is 0 Å². The molecule has 2 aromatic carbocycles. The lowest BCUT2D eigenvalue weighted by atomic mass is 10.1. The van der Waals surface area contributed by atoms with E-state index < -0.39 is 17.6 Å². The van der Waals surface area contributed by atoms with Crippen molar-refractivity contribution in [1.82, 2.24) is 0 Å². The number of benzene rings is 2. The SMILES string of the molecule is CC(=O)c1ccccc1NC(=O)CSc1cccc(C(F)(F)F)c1. The third-order valence-corrected chi connectivity index (χ3v) is 4.11. The van der Waals surface area contributed by atoms with Crippen molar-refractivity contribution in [3.63, 3.8) is 0 Å². The zero-order valence-corrected chi connectivity index (χ0v) is 13.5. The first-order chi connectivity index (χ1) is 11.3. The van der Waals surface area contributed by atoms with Gasteiger partial charge in [0.25, 0.3) is 0 Å². The summed E-state index contributed by atoms with van der Waals surface area (Å²) in [5, 5.41) is 2.60. The monoisotopic (exact) mass is 353 g/mol. The van der Waals surface area contributed by atoms with Crippen LogP contribution in [-0.2, 0) is 11.0 Å². The molecule has 7 heteroatoms. The van der Waals surface area contributed by atoms with Crippen LogP contribution in [0.4, 0.5) is 18.9 Å². The molecule has 2 aromatic rings. The first kappa shape index (κ1) is 18.1. The van der Waals surface area contributed by atoms with Gasteiger partial charge in [-0.1, -0.05) is 18.2 Å². The fourth-order valence-corrected chi connectivity index (χ4v) is 2.75. The Morgan fingerprint density at radius 1 is 1.08 bits per heavy atom. The summed E-state index contributed by atoms with van der Waals surface area (Å²) < 4.78 is 38.0. The first-order valence-electron chi connectivity index (χ1n) is 6.97. The number of amides is 1. The summed E-state index contributed by atoms with van der Waals surface area (Å²) in [6, 6.07) is 11.4. The van der Waals surface area contributed by atoms with Crippen molar-refractivity contribution in [2.45, 2.75) is 18.0 Å². The van der Waals surface area contributed by atoms with Crippen LogP contribution in [0.2, 0.25) is 0 Å². The standard InChI is InChI=1S/C17H14F3NO2S/c1-11(22)14-7-2-3-8-15(14)21-16(23)10-24-13-6-4-5-12(9-13)17(18,19)20/h2-9H,10H2,1H3,(H,21,23). The Labute approximate surface area is 141 Å². The molecule has 0 aliphatic carbocycles. The second-order valence-electron chi connectivity index (χ2n) is 4.96. The summed E-state index contributed by atoms with van der Waals surface area (Å²) in [6.45, 7) is 1.39. The molecule has 0 unspecified atom stereocenters. The molecular weight excluding hydrogens is 339 g/mol. The Hall–Kier alpha value is -2.28. The minimum atomic E-state index is -4.42. The number of hydrogen-bond donors (Lipinski definition) is 1. The molecule has 0 aliphatic rings. The van der Waals surface area contributed by atoms with Crippen LogP contribution in [0.15, 0.2) is 53.4 Å². The lowest BCUT2D eigenvalue weighted by molar-refractivity contribution is -0.137. The fourth-order valence-electron chi connectivity index (χ4n) is 2.00. The minimum Gasteiger partial charge on any atom is -0.325 e. The second kappa shape index (κ2) is 7.53. The van der Waals surface area contributed by atoms with Gasteiger partial charge in [0.05, 0.1) is 17.0 Å². The molecule has 1 N–H and O–H groups in total. The molecule has 0 aromatic heterocycles. The topological polar surface area (TPSA) is 46.2 Å². The molecule has 0 saturated carbocycles. The zero-order valence-electron chi connectivity index (χ0n) is 12.7. The van der Waals surface area contributed by atoms with E-state index in [2.05, 4.69) is 5.32 Å². The quantitative estimate of drug-likeness (QED) is 0.629. The van der Waals surface area contributed by atoms with Crippen molar-refractivity contribution in [3.8, 4) is 0 Å². The number of anilines is 1. The molecule has 24 heavy (non-hydrogen) atoms. The van der Waals surface area contributed by atoms with E-state index in [0.29, 0.717) is 16.1 Å². The molecule has 1 amide bonds. The minimum absolute atomic E-state index is 0.0620. The maximum Gasteiger partial charge on any atom is 0.416 e. The van der Waals surface area contributed by atoms with Gasteiger partial charge in [-0.3, -0.25) is 9.59 Å². The Bertz CT molecular complexity index is 759. The van der Waals surface area contributed by atoms with Crippen molar-refractivity contribution in [2.24, 2.45) is 0 Å². The van der Waals surface area contributed by atoms with Crippen LogP contribution in [0.3, 0.4) is 0 Å². The van der Waals surface area contributed by atoms with Gasteiger partial charge in [0.15, 0.2) is 5.78 Å². The largest absolute Gasteiger partial charge is 0.416 e. The average Bonchev–Trinajstić information content (AvgIpc) is 2.53. The van der Waals surface area contributed by atoms with E-state index in [0.717, 1.165) is 23.9 Å². The molecule has 0 heterocycles. The van der Waals surface area contributed by atoms with Crippen molar-refractivity contribution in [3.05, 3.63) is 59.7 Å². The van der Waals surface area contributed by atoms with E-state index in [4.69, 9.17) is 0 Å². The molecule has 0 radical (unpaired) electrons. The van der Waals surface area contributed by atoms with E-state index >= 15 is 0 Å². The predicted octanol–water partition coefficient (Wildman–Crippen LogP) is 4.64. The predicted molar refractivity (Wildman–Crippen MR) is 87.2 cm³/mol. The Morgan fingerprint density at radius 3 is 2.46 bits per heavy atom. The Morgan fingerprint density at radius 2 is 1.79 bits per heavy atom. The number of halogens is 3. The molecule has 2 rings (SSSR count). The van der Waals surface area contributed by atoms with Gasteiger partial charge in [0, 0.05) is 10.5 Å². The number of alkyl halides is 3. The molecule has 0 atom stereocenters. The summed E-state index contributed by atoms with van der Waals surface area (Å²) in [4.78, 5) is 23.8. The lowest BCUT2D eigenvalue weighted by Crippen LogP contribution is -2.16. The summed E-state index contributed by atoms with van der Waals surface area (Å²) in [5.41, 5.74) is 0.0180. The summed E-state index contributed by atoms with van der Waals surface area (Å²) in [6.07, 6.45) is -4.42. The van der Waals surface area contributed by atoms with Crippen LogP contribution < -0.4 is 5.32 Å². The molecule has 0 spiro atoms. The Balaban J connectivity index is 2.01. The number of nitrogens with one attached hydrogen (secondary N) is 1. The fraction of sp³-hybridized carbons (Fsp3) is 0.176. The molecule has 0 aliphatic heterocycles. The highest BCUT2D eigenvalue weighted by Gasteiger charge is 2.30. The first-order valence-corrected chi connectivity index (χ1v) is 7.96. The van der Waals surface area contributed by atoms with Crippen LogP contribution in [0.5, 0.6) is 0 Å². The van der Waals surface area contributed by atoms with Gasteiger partial charge in [-0.15, -0.1) is 11.8 Å². The van der Waals surface area contributed by atoms with Gasteiger partial charge in [0.2, 0.25) is 5.91 Å². The number of ketones is 1. The third-order valence-electron chi connectivity index (χ3n) is 3.11. The lowest BCUT2D eigenvalue weighted by Gasteiger charge is -2.10. The van der Waals surface area contributed by atoms with Crippen molar-refractivity contribution >= 4 is 29.1 Å². The van der Waals surface area contributed by atoms with E-state index in [1.807, 2.05) is 0 Å². The van der Waals surface area contributed by atoms with Crippen molar-refractivity contribution in [1.29, 1.82) is 0 Å². The van der Waals surface area contributed by atoms with Crippen LogP contribution >= 0.6 is 11.8 Å². The Kier molecular flexibility index (Phi) is 5.66. The van der Waals surface area contributed by atoms with Gasteiger partial charge < -0.3 is 5.32 Å². The summed E-state index contributed by atoms with van der Waals surface area (Å²) >= 11 is 0.995. The number of hydrogen-bond acceptors (Lipinski definition) is 3. The van der Waals surface area contributed by atoms with Crippen LogP contribution in [0.25, 0.3) is 0 Å². The molecular formula is C17H14F3NO2S. The van der Waals surface area contributed by atoms with E-state index in [1.54, 1.807) is 24.3 Å². The van der Waals surface area contributed by atoms with Crippen LogP contribution in [0.1, 0.15) is 22.8 Å². The number of para-hydroxylation sites is 1. The molecule has 3 nitrogen and oxygen atoms in total. The second-order valence-corrected chi connectivity index (χ2v) is 6.01. The van der Waals surface area contributed by atoms with Gasteiger partial charge in [-0.05, 0) is 37.3 Å². The average molecular weight is 353 g/mol. The maximum absolute atomic E-state index is 12.7. The van der Waals surface area contributed by atoms with Crippen molar-refractivity contribution < 1.29 is 22.8 Å². The number of rotatable bonds is 5. The summed E-state index contributed by atoms with van der Waals surface area (Å²) in [7, 11) is 0. The number of thioether (sulfide) groups is 1. The molecule has 126 valence electrons. The van der Waals surface area contributed by atoms with Crippen molar-refractivity contribution in [2.75, 3.05) is 11.1 Å². The highest BCUT2D eigenvalue weighted by Crippen LogP contribution is 2.31. The molecule has 0 bridgehead atoms. The smallest absolute Gasteiger partial charge is 0.325 e. The number of carbonyl (C=O) groups is 2. The summed E-state index contributed by atoms with van der Waals surface area (Å²) in [5.74, 6) is -0.643. The van der Waals surface area contributed by atoms with Gasteiger partial charge >= 0.3 is 6.18 Å². The van der Waals surface area contributed by atoms with Crippen LogP contribution in [-0.4, -0.2) is 17.4 Å². The number of carbonyl (C=O) groups excluding carboxylic acids is 2.